The first-order valence-corrected chi connectivity index (χ1v) is 10.7. The summed E-state index contributed by atoms with van der Waals surface area (Å²) in [5.41, 5.74) is 4.00. The first-order valence-electron chi connectivity index (χ1n) is 9.10. The second-order valence-corrected chi connectivity index (χ2v) is 10.8. The third-order valence-electron chi connectivity index (χ3n) is 4.79. The van der Waals surface area contributed by atoms with Crippen molar-refractivity contribution in [2.45, 2.75) is 37.7 Å². The van der Waals surface area contributed by atoms with E-state index >= 15 is 0 Å². The van der Waals surface area contributed by atoms with Crippen LogP contribution in [0.25, 0.3) is 5.57 Å². The van der Waals surface area contributed by atoms with Gasteiger partial charge < -0.3 is 4.74 Å². The van der Waals surface area contributed by atoms with E-state index in [1.54, 1.807) is 7.11 Å². The van der Waals surface area contributed by atoms with Crippen LogP contribution in [0, 0.1) is 6.92 Å². The maximum atomic E-state index is 14.3. The van der Waals surface area contributed by atoms with Crippen molar-refractivity contribution in [2.24, 2.45) is 4.36 Å². The summed E-state index contributed by atoms with van der Waals surface area (Å²) in [4.78, 5) is 0. The van der Waals surface area contributed by atoms with Crippen molar-refractivity contribution >= 4 is 21.0 Å². The molecule has 0 heterocycles. The lowest BCUT2D eigenvalue weighted by Gasteiger charge is -2.30. The van der Waals surface area contributed by atoms with Crippen LogP contribution < -0.4 is 4.74 Å². The quantitative estimate of drug-likeness (QED) is 0.659. The van der Waals surface area contributed by atoms with E-state index in [2.05, 4.69) is 0 Å². The fourth-order valence-corrected chi connectivity index (χ4v) is 5.56. The highest BCUT2D eigenvalue weighted by atomic mass is 32.2. The molecule has 1 aliphatic carbocycles. The number of rotatable bonds is 4. The molecule has 27 heavy (non-hydrogen) atoms. The first-order chi connectivity index (χ1) is 12.7. The molecule has 3 rings (SSSR count). The minimum absolute atomic E-state index is 0.257. The Bertz CT molecular complexity index is 984. The smallest absolute Gasteiger partial charge is 0.118 e. The SMILES string of the molecule is COc1ccc(C2=CC=CC2S(=O)(=Nc2ccc(C)cc2)C(C)(C)C)cc1. The summed E-state index contributed by atoms with van der Waals surface area (Å²) in [6.07, 6.45) is 6.05. The zero-order chi connectivity index (χ0) is 19.7. The van der Waals surface area contributed by atoms with Gasteiger partial charge in [0.25, 0.3) is 0 Å². The second kappa shape index (κ2) is 7.35. The molecule has 142 valence electrons. The summed E-state index contributed by atoms with van der Waals surface area (Å²) in [5.74, 6) is 0.808. The normalized spacial score (nSPS) is 18.7. The highest BCUT2D eigenvalue weighted by molar-refractivity contribution is 7.96. The summed E-state index contributed by atoms with van der Waals surface area (Å²) in [5, 5.41) is -0.257. The van der Waals surface area contributed by atoms with E-state index in [9.17, 15) is 4.21 Å². The monoisotopic (exact) mass is 381 g/mol. The van der Waals surface area contributed by atoms with Crippen molar-refractivity contribution in [3.63, 3.8) is 0 Å². The van der Waals surface area contributed by atoms with Gasteiger partial charge in [-0.25, -0.2) is 4.21 Å². The Balaban J connectivity index is 2.09. The Morgan fingerprint density at radius 1 is 1.00 bits per heavy atom. The molecule has 4 heteroatoms. The van der Waals surface area contributed by atoms with Crippen LogP contribution in [-0.2, 0) is 9.73 Å². The molecule has 0 spiro atoms. The lowest BCUT2D eigenvalue weighted by atomic mass is 10.1. The summed E-state index contributed by atoms with van der Waals surface area (Å²) in [6.45, 7) is 8.05. The van der Waals surface area contributed by atoms with Crippen LogP contribution >= 0.6 is 0 Å². The standard InChI is InChI=1S/C23H27NO2S/c1-17-9-13-19(14-10-17)24-27(25,23(2,3)4)22-8-6-7-21(22)18-11-15-20(26-5)16-12-18/h6-16,22H,1-5H3. The van der Waals surface area contributed by atoms with E-state index in [0.717, 1.165) is 28.1 Å². The Morgan fingerprint density at radius 2 is 1.63 bits per heavy atom. The molecular weight excluding hydrogens is 354 g/mol. The minimum atomic E-state index is -2.62. The molecule has 2 unspecified atom stereocenters. The van der Waals surface area contributed by atoms with Gasteiger partial charge in [0.05, 0.1) is 27.8 Å². The minimum Gasteiger partial charge on any atom is -0.497 e. The number of allylic oxidation sites excluding steroid dienone is 2. The molecule has 0 N–H and O–H groups in total. The number of hydrogen-bond acceptors (Lipinski definition) is 3. The molecule has 2 aromatic carbocycles. The van der Waals surface area contributed by atoms with E-state index in [1.807, 2.05) is 94.5 Å². The second-order valence-electron chi connectivity index (χ2n) is 7.76. The van der Waals surface area contributed by atoms with Gasteiger partial charge in [-0.2, -0.15) is 4.36 Å². The van der Waals surface area contributed by atoms with Gasteiger partial charge in [-0.15, -0.1) is 0 Å². The maximum Gasteiger partial charge on any atom is 0.118 e. The van der Waals surface area contributed by atoms with E-state index in [4.69, 9.17) is 9.10 Å². The molecule has 0 bridgehead atoms. The number of methoxy groups -OCH3 is 1. The largest absolute Gasteiger partial charge is 0.497 e. The van der Waals surface area contributed by atoms with Crippen molar-refractivity contribution in [1.29, 1.82) is 0 Å². The number of aryl methyl sites for hydroxylation is 1. The van der Waals surface area contributed by atoms with Crippen molar-refractivity contribution in [2.75, 3.05) is 7.11 Å². The molecule has 1 aliphatic rings. The predicted octanol–water partition coefficient (Wildman–Crippen LogP) is 5.92. The summed E-state index contributed by atoms with van der Waals surface area (Å²) in [7, 11) is -0.970. The summed E-state index contributed by atoms with van der Waals surface area (Å²) in [6, 6.07) is 15.8. The fourth-order valence-electron chi connectivity index (χ4n) is 3.12. The average molecular weight is 382 g/mol. The van der Waals surface area contributed by atoms with Gasteiger partial charge in [0, 0.05) is 4.75 Å². The van der Waals surface area contributed by atoms with Crippen LogP contribution in [0.1, 0.15) is 31.9 Å². The van der Waals surface area contributed by atoms with Gasteiger partial charge in [-0.1, -0.05) is 48.1 Å². The van der Waals surface area contributed by atoms with Gasteiger partial charge in [-0.3, -0.25) is 0 Å². The summed E-state index contributed by atoms with van der Waals surface area (Å²) >= 11 is 0. The van der Waals surface area contributed by atoms with E-state index in [0.29, 0.717) is 0 Å². The molecule has 0 aliphatic heterocycles. The predicted molar refractivity (Wildman–Crippen MR) is 115 cm³/mol. The van der Waals surface area contributed by atoms with Gasteiger partial charge in [-0.05, 0) is 63.1 Å². The van der Waals surface area contributed by atoms with Crippen molar-refractivity contribution in [3.8, 4) is 5.75 Å². The number of benzene rings is 2. The molecule has 0 radical (unpaired) electrons. The molecule has 2 aromatic rings. The van der Waals surface area contributed by atoms with Crippen molar-refractivity contribution < 1.29 is 8.95 Å². The molecule has 0 aromatic heterocycles. The van der Waals surface area contributed by atoms with Gasteiger partial charge in [0.2, 0.25) is 0 Å². The highest BCUT2D eigenvalue weighted by Gasteiger charge is 2.37. The van der Waals surface area contributed by atoms with Crippen LogP contribution in [0.5, 0.6) is 5.75 Å². The van der Waals surface area contributed by atoms with E-state index < -0.39 is 14.5 Å². The lowest BCUT2D eigenvalue weighted by molar-refractivity contribution is 0.415. The van der Waals surface area contributed by atoms with Crippen molar-refractivity contribution in [3.05, 3.63) is 77.9 Å². The highest BCUT2D eigenvalue weighted by Crippen LogP contribution is 2.38. The van der Waals surface area contributed by atoms with E-state index in [-0.39, 0.29) is 5.25 Å². The van der Waals surface area contributed by atoms with Crippen LogP contribution in [0.15, 0.2) is 71.1 Å². The Kier molecular flexibility index (Phi) is 5.29. The first kappa shape index (κ1) is 19.4. The zero-order valence-corrected chi connectivity index (χ0v) is 17.4. The van der Waals surface area contributed by atoms with Crippen LogP contribution in [0.3, 0.4) is 0 Å². The number of ether oxygens (including phenoxy) is 1. The fraction of sp³-hybridized carbons (Fsp3) is 0.304. The van der Waals surface area contributed by atoms with Crippen LogP contribution in [-0.4, -0.2) is 21.3 Å². The zero-order valence-electron chi connectivity index (χ0n) is 16.6. The third-order valence-corrected chi connectivity index (χ3v) is 8.12. The average Bonchev–Trinajstić information content (AvgIpc) is 3.13. The Hall–Kier alpha value is -2.33. The van der Waals surface area contributed by atoms with Crippen molar-refractivity contribution in [1.82, 2.24) is 0 Å². The summed E-state index contributed by atoms with van der Waals surface area (Å²) < 4.78 is 23.9. The molecule has 0 fully saturated rings. The molecular formula is C23H27NO2S. The van der Waals surface area contributed by atoms with Gasteiger partial charge in [0.1, 0.15) is 5.75 Å². The molecule has 0 saturated carbocycles. The maximum absolute atomic E-state index is 14.3. The number of nitrogens with zero attached hydrogens (tertiary/aromatic N) is 1. The Labute approximate surface area is 163 Å². The lowest BCUT2D eigenvalue weighted by Crippen LogP contribution is -2.36. The van der Waals surface area contributed by atoms with Crippen LogP contribution in [0.2, 0.25) is 0 Å². The molecule has 3 nitrogen and oxygen atoms in total. The Morgan fingerprint density at radius 3 is 2.19 bits per heavy atom. The number of hydrogen-bond donors (Lipinski definition) is 0. The molecule has 0 amide bonds. The third kappa shape index (κ3) is 3.86. The topological polar surface area (TPSA) is 38.7 Å². The van der Waals surface area contributed by atoms with Gasteiger partial charge >= 0.3 is 0 Å². The molecule has 0 saturated heterocycles. The van der Waals surface area contributed by atoms with Gasteiger partial charge in [0.15, 0.2) is 0 Å². The van der Waals surface area contributed by atoms with Crippen LogP contribution in [0.4, 0.5) is 5.69 Å². The van der Waals surface area contributed by atoms with E-state index in [1.165, 1.54) is 0 Å². The molecule has 2 atom stereocenters.